The van der Waals surface area contributed by atoms with Crippen molar-refractivity contribution < 1.29 is 9.90 Å². The zero-order valence-corrected chi connectivity index (χ0v) is 13.1. The van der Waals surface area contributed by atoms with Crippen LogP contribution in [0.15, 0.2) is 30.3 Å². The number of alkyl halides is 1. The lowest BCUT2D eigenvalue weighted by atomic mass is 9.61. The fourth-order valence-electron chi connectivity index (χ4n) is 2.70. The quantitative estimate of drug-likeness (QED) is 0.499. The maximum Gasteiger partial charge on any atom is 0.233 e. The van der Waals surface area contributed by atoms with E-state index in [2.05, 4.69) is 22.6 Å². The van der Waals surface area contributed by atoms with Crippen LogP contribution in [-0.2, 0) is 11.3 Å². The number of hydrogen-bond acceptors (Lipinski definition) is 2. The van der Waals surface area contributed by atoms with Gasteiger partial charge >= 0.3 is 0 Å². The third kappa shape index (κ3) is 3.95. The van der Waals surface area contributed by atoms with E-state index in [9.17, 15) is 9.90 Å². The third-order valence-electron chi connectivity index (χ3n) is 3.72. The van der Waals surface area contributed by atoms with E-state index in [4.69, 9.17) is 0 Å². The first-order valence-electron chi connectivity index (χ1n) is 6.80. The topological polar surface area (TPSA) is 40.5 Å². The predicted molar refractivity (Wildman–Crippen MR) is 87.1 cm³/mol. The lowest BCUT2D eigenvalue weighted by molar-refractivity contribution is -0.133. The van der Waals surface area contributed by atoms with E-state index in [1.807, 2.05) is 35.2 Å². The van der Waals surface area contributed by atoms with E-state index < -0.39 is 0 Å². The van der Waals surface area contributed by atoms with Crippen LogP contribution in [0, 0.1) is 0 Å². The molecule has 5 heteroatoms. The van der Waals surface area contributed by atoms with Gasteiger partial charge in [-0.05, 0) is 18.3 Å². The van der Waals surface area contributed by atoms with Crippen LogP contribution in [0.1, 0.15) is 12.0 Å². The Morgan fingerprint density at radius 1 is 1.42 bits per heavy atom. The summed E-state index contributed by atoms with van der Waals surface area (Å²) in [7, 11) is 1.06. The second-order valence-corrected chi connectivity index (χ2v) is 5.82. The van der Waals surface area contributed by atoms with Crippen molar-refractivity contribution in [2.24, 2.45) is 0 Å². The molecule has 0 unspecified atom stereocenters. The highest BCUT2D eigenvalue weighted by Crippen LogP contribution is 2.23. The lowest BCUT2D eigenvalue weighted by Crippen LogP contribution is -2.49. The summed E-state index contributed by atoms with van der Waals surface area (Å²) < 4.78 is 0.466. The number of rotatable bonds is 4. The zero-order valence-electron chi connectivity index (χ0n) is 11.0. The zero-order chi connectivity index (χ0) is 13.7. The van der Waals surface area contributed by atoms with Gasteiger partial charge in [-0.3, -0.25) is 4.79 Å². The van der Waals surface area contributed by atoms with Crippen molar-refractivity contribution in [3.8, 4) is 0 Å². The van der Waals surface area contributed by atoms with Crippen LogP contribution in [0.3, 0.4) is 0 Å². The molecule has 102 valence electrons. The standard InChI is InChI=1S/C14H19BINO2/c16-9-14(19)17(10-11-4-2-1-3-5-11)12-6-7-15-8-13(12)18/h1-5,12-13,15,18H,6-10H2/t12-,13-/m0/s1. The predicted octanol–water partition coefficient (Wildman–Crippen LogP) is 1.86. The summed E-state index contributed by atoms with van der Waals surface area (Å²) in [5.74, 6) is 0.121. The van der Waals surface area contributed by atoms with E-state index in [-0.39, 0.29) is 18.1 Å². The first-order valence-corrected chi connectivity index (χ1v) is 8.32. The smallest absolute Gasteiger partial charge is 0.233 e. The van der Waals surface area contributed by atoms with Gasteiger partial charge in [0, 0.05) is 6.54 Å². The monoisotopic (exact) mass is 371 g/mol. The van der Waals surface area contributed by atoms with Crippen molar-refractivity contribution >= 4 is 35.8 Å². The second-order valence-electron chi connectivity index (χ2n) is 5.06. The van der Waals surface area contributed by atoms with Crippen molar-refractivity contribution in [2.45, 2.75) is 37.8 Å². The van der Waals surface area contributed by atoms with Crippen molar-refractivity contribution in [1.29, 1.82) is 0 Å². The number of carbonyl (C=O) groups is 1. The molecule has 0 spiro atoms. The summed E-state index contributed by atoms with van der Waals surface area (Å²) in [5.41, 5.74) is 1.12. The maximum atomic E-state index is 12.2. The van der Waals surface area contributed by atoms with E-state index in [1.165, 1.54) is 0 Å². The number of aliphatic hydroxyl groups excluding tert-OH is 1. The van der Waals surface area contributed by atoms with E-state index in [0.29, 0.717) is 11.0 Å². The molecule has 1 fully saturated rings. The molecule has 0 radical (unpaired) electrons. The van der Waals surface area contributed by atoms with Gasteiger partial charge in [-0.15, -0.1) is 0 Å². The number of aliphatic hydroxyl groups is 1. The van der Waals surface area contributed by atoms with E-state index in [0.717, 1.165) is 31.9 Å². The minimum Gasteiger partial charge on any atom is -0.392 e. The lowest BCUT2D eigenvalue weighted by Gasteiger charge is -2.37. The molecule has 2 rings (SSSR count). The minimum atomic E-state index is -0.371. The fourth-order valence-corrected chi connectivity index (χ4v) is 3.14. The Morgan fingerprint density at radius 2 is 2.16 bits per heavy atom. The van der Waals surface area contributed by atoms with Crippen molar-refractivity contribution in [3.05, 3.63) is 35.9 Å². The Balaban J connectivity index is 2.13. The Bertz CT molecular complexity index is 415. The highest BCUT2D eigenvalue weighted by Gasteiger charge is 2.31. The number of halogens is 1. The van der Waals surface area contributed by atoms with Gasteiger partial charge in [-0.25, -0.2) is 0 Å². The summed E-state index contributed by atoms with van der Waals surface area (Å²) in [6.07, 6.45) is 2.45. The molecule has 1 aromatic carbocycles. The van der Waals surface area contributed by atoms with Gasteiger partial charge in [-0.1, -0.05) is 59.2 Å². The van der Waals surface area contributed by atoms with Crippen LogP contribution >= 0.6 is 22.6 Å². The molecule has 1 aromatic rings. The summed E-state index contributed by atoms with van der Waals surface area (Å²) in [6.45, 7) is 0.602. The molecule has 19 heavy (non-hydrogen) atoms. The molecule has 1 N–H and O–H groups in total. The van der Waals surface area contributed by atoms with E-state index in [1.54, 1.807) is 0 Å². The minimum absolute atomic E-state index is 0.0174. The van der Waals surface area contributed by atoms with Gasteiger partial charge in [-0.2, -0.15) is 0 Å². The number of amides is 1. The normalized spacial score (nSPS) is 22.6. The highest BCUT2D eigenvalue weighted by molar-refractivity contribution is 14.1. The van der Waals surface area contributed by atoms with Crippen molar-refractivity contribution in [2.75, 3.05) is 4.43 Å². The van der Waals surface area contributed by atoms with Crippen LogP contribution in [0.4, 0.5) is 0 Å². The Morgan fingerprint density at radius 3 is 2.79 bits per heavy atom. The van der Waals surface area contributed by atoms with Crippen LogP contribution in [0.2, 0.25) is 12.6 Å². The fraction of sp³-hybridized carbons (Fsp3) is 0.500. The SMILES string of the molecule is O=C(CI)N(Cc1ccccc1)[C@H]1CCBC[C@@H]1O. The first kappa shape index (κ1) is 14.8. The molecule has 0 aromatic heterocycles. The van der Waals surface area contributed by atoms with Gasteiger partial charge in [0.1, 0.15) is 7.28 Å². The first-order chi connectivity index (χ1) is 9.22. The summed E-state index contributed by atoms with van der Waals surface area (Å²) in [4.78, 5) is 14.0. The molecule has 1 aliphatic rings. The highest BCUT2D eigenvalue weighted by atomic mass is 127. The summed E-state index contributed by atoms with van der Waals surface area (Å²) in [6, 6.07) is 9.99. The molecule has 3 nitrogen and oxygen atoms in total. The Kier molecular flexibility index (Phi) is 5.69. The van der Waals surface area contributed by atoms with Gasteiger partial charge in [0.25, 0.3) is 0 Å². The third-order valence-corrected chi connectivity index (χ3v) is 4.38. The molecule has 1 saturated heterocycles. The number of carbonyl (C=O) groups excluding carboxylic acids is 1. The number of hydrogen-bond donors (Lipinski definition) is 1. The molecule has 1 heterocycles. The van der Waals surface area contributed by atoms with Crippen LogP contribution in [-0.4, -0.2) is 39.8 Å². The Hall–Kier alpha value is -0.555. The molecule has 1 aliphatic heterocycles. The summed E-state index contributed by atoms with van der Waals surface area (Å²) >= 11 is 2.10. The molecule has 2 atom stereocenters. The molecular formula is C14H19BINO2. The average Bonchev–Trinajstić information content (AvgIpc) is 2.46. The Labute approximate surface area is 128 Å². The average molecular weight is 371 g/mol. The van der Waals surface area contributed by atoms with Crippen LogP contribution < -0.4 is 0 Å². The van der Waals surface area contributed by atoms with Crippen molar-refractivity contribution in [1.82, 2.24) is 4.90 Å². The van der Waals surface area contributed by atoms with Crippen LogP contribution in [0.5, 0.6) is 0 Å². The largest absolute Gasteiger partial charge is 0.392 e. The molecule has 1 amide bonds. The molecule has 0 bridgehead atoms. The number of nitrogens with zero attached hydrogens (tertiary/aromatic N) is 1. The number of benzene rings is 1. The summed E-state index contributed by atoms with van der Waals surface area (Å²) in [5, 5.41) is 10.2. The van der Waals surface area contributed by atoms with Crippen LogP contribution in [0.25, 0.3) is 0 Å². The van der Waals surface area contributed by atoms with Crippen molar-refractivity contribution in [3.63, 3.8) is 0 Å². The van der Waals surface area contributed by atoms with Gasteiger partial charge in [0.05, 0.1) is 16.6 Å². The van der Waals surface area contributed by atoms with E-state index >= 15 is 0 Å². The molecule has 0 aliphatic carbocycles. The molecule has 0 saturated carbocycles. The van der Waals surface area contributed by atoms with Gasteiger partial charge in [0.15, 0.2) is 0 Å². The second kappa shape index (κ2) is 7.29. The van der Waals surface area contributed by atoms with Gasteiger partial charge < -0.3 is 10.0 Å². The molecular weight excluding hydrogens is 352 g/mol. The maximum absolute atomic E-state index is 12.2. The van der Waals surface area contributed by atoms with Gasteiger partial charge in [0.2, 0.25) is 5.91 Å².